The van der Waals surface area contributed by atoms with Gasteiger partial charge in [0.25, 0.3) is 11.5 Å². The second kappa shape index (κ2) is 5.27. The highest BCUT2D eigenvalue weighted by Gasteiger charge is 2.12. The molecule has 0 aliphatic rings. The van der Waals surface area contributed by atoms with Crippen LogP contribution in [0.15, 0.2) is 29.2 Å². The number of nitrogens with one attached hydrogen (secondary N) is 1. The summed E-state index contributed by atoms with van der Waals surface area (Å²) in [5.41, 5.74) is 0.649. The third kappa shape index (κ3) is 2.85. The molecule has 2 aromatic heterocycles. The van der Waals surface area contributed by atoms with Crippen LogP contribution in [0.3, 0.4) is 0 Å². The SMILES string of the molecule is CCn1cc(NC(=O)c2cc(Cl)n(C)n2)ccc1=O. The van der Waals surface area contributed by atoms with Crippen LogP contribution in [0.5, 0.6) is 0 Å². The average molecular weight is 281 g/mol. The normalized spacial score (nSPS) is 10.5. The molecule has 0 spiro atoms. The highest BCUT2D eigenvalue weighted by molar-refractivity contribution is 6.30. The summed E-state index contributed by atoms with van der Waals surface area (Å²) in [5.74, 6) is -0.371. The maximum Gasteiger partial charge on any atom is 0.276 e. The first-order valence-corrected chi connectivity index (χ1v) is 6.10. The van der Waals surface area contributed by atoms with E-state index < -0.39 is 0 Å². The van der Waals surface area contributed by atoms with Crippen molar-refractivity contribution in [1.29, 1.82) is 0 Å². The molecule has 0 radical (unpaired) electrons. The number of amides is 1. The van der Waals surface area contributed by atoms with Gasteiger partial charge in [0.2, 0.25) is 0 Å². The third-order valence-corrected chi connectivity index (χ3v) is 2.99. The molecule has 0 bridgehead atoms. The Kier molecular flexibility index (Phi) is 3.71. The van der Waals surface area contributed by atoms with Gasteiger partial charge in [-0.15, -0.1) is 0 Å². The van der Waals surface area contributed by atoms with Crippen LogP contribution in [0, 0.1) is 0 Å². The Labute approximate surface area is 114 Å². The van der Waals surface area contributed by atoms with Gasteiger partial charge < -0.3 is 9.88 Å². The first-order valence-electron chi connectivity index (χ1n) is 5.72. The van der Waals surface area contributed by atoms with E-state index in [-0.39, 0.29) is 17.2 Å². The molecule has 0 fully saturated rings. The molecule has 0 aliphatic heterocycles. The molecule has 0 saturated heterocycles. The predicted molar refractivity (Wildman–Crippen MR) is 72.5 cm³/mol. The van der Waals surface area contributed by atoms with E-state index in [1.165, 1.54) is 21.4 Å². The van der Waals surface area contributed by atoms with Gasteiger partial charge in [0.05, 0.1) is 5.69 Å². The first-order chi connectivity index (χ1) is 9.01. The third-order valence-electron chi connectivity index (χ3n) is 2.64. The molecule has 100 valence electrons. The number of carbonyl (C=O) groups excluding carboxylic acids is 1. The van der Waals surface area contributed by atoms with Gasteiger partial charge in [0, 0.05) is 31.9 Å². The van der Waals surface area contributed by atoms with Crippen LogP contribution in [-0.4, -0.2) is 20.3 Å². The van der Waals surface area contributed by atoms with Gasteiger partial charge in [-0.3, -0.25) is 14.3 Å². The van der Waals surface area contributed by atoms with Crippen molar-refractivity contribution < 1.29 is 4.79 Å². The van der Waals surface area contributed by atoms with Crippen LogP contribution >= 0.6 is 11.6 Å². The number of aromatic nitrogens is 3. The van der Waals surface area contributed by atoms with Gasteiger partial charge in [-0.2, -0.15) is 5.10 Å². The molecule has 0 atom stereocenters. The molecule has 0 unspecified atom stereocenters. The van der Waals surface area contributed by atoms with Gasteiger partial charge in [0.1, 0.15) is 5.15 Å². The van der Waals surface area contributed by atoms with E-state index >= 15 is 0 Å². The van der Waals surface area contributed by atoms with Crippen molar-refractivity contribution in [3.8, 4) is 0 Å². The zero-order chi connectivity index (χ0) is 14.0. The second-order valence-electron chi connectivity index (χ2n) is 3.97. The molecule has 0 saturated carbocycles. The number of hydrogen-bond acceptors (Lipinski definition) is 3. The Morgan fingerprint density at radius 1 is 1.47 bits per heavy atom. The Bertz CT molecular complexity index is 655. The molecule has 0 aromatic carbocycles. The highest BCUT2D eigenvalue weighted by atomic mass is 35.5. The van der Waals surface area contributed by atoms with E-state index in [0.29, 0.717) is 17.4 Å². The van der Waals surface area contributed by atoms with Gasteiger partial charge >= 0.3 is 0 Å². The minimum atomic E-state index is -0.371. The van der Waals surface area contributed by atoms with Crippen LogP contribution in [0.1, 0.15) is 17.4 Å². The summed E-state index contributed by atoms with van der Waals surface area (Å²) in [6, 6.07) is 4.44. The van der Waals surface area contributed by atoms with Crippen LogP contribution in [-0.2, 0) is 13.6 Å². The maximum absolute atomic E-state index is 11.9. The van der Waals surface area contributed by atoms with Crippen molar-refractivity contribution in [3.05, 3.63) is 45.6 Å². The predicted octanol–water partition coefficient (Wildman–Crippen LogP) is 1.51. The molecule has 2 aromatic rings. The van der Waals surface area contributed by atoms with Crippen LogP contribution in [0.4, 0.5) is 5.69 Å². The van der Waals surface area contributed by atoms with E-state index in [4.69, 9.17) is 11.6 Å². The summed E-state index contributed by atoms with van der Waals surface area (Å²) in [6.45, 7) is 2.39. The molecule has 2 rings (SSSR count). The summed E-state index contributed by atoms with van der Waals surface area (Å²) in [7, 11) is 1.65. The number of carbonyl (C=O) groups is 1. The van der Waals surface area contributed by atoms with E-state index in [1.807, 2.05) is 6.92 Å². The molecule has 7 heteroatoms. The zero-order valence-corrected chi connectivity index (χ0v) is 11.3. The number of halogens is 1. The van der Waals surface area contributed by atoms with E-state index in [0.717, 1.165) is 0 Å². The minimum Gasteiger partial charge on any atom is -0.319 e. The second-order valence-corrected chi connectivity index (χ2v) is 4.36. The standard InChI is InChI=1S/C12H13ClN4O2/c1-3-17-7-8(4-5-11(17)18)14-12(19)9-6-10(13)16(2)15-9/h4-7H,3H2,1-2H3,(H,14,19). The van der Waals surface area contributed by atoms with Gasteiger partial charge in [-0.05, 0) is 13.0 Å². The van der Waals surface area contributed by atoms with Crippen molar-refractivity contribution in [1.82, 2.24) is 14.3 Å². The van der Waals surface area contributed by atoms with Crippen molar-refractivity contribution in [3.63, 3.8) is 0 Å². The number of anilines is 1. The zero-order valence-electron chi connectivity index (χ0n) is 10.6. The lowest BCUT2D eigenvalue weighted by molar-refractivity contribution is 0.102. The summed E-state index contributed by atoms with van der Waals surface area (Å²) in [6.07, 6.45) is 1.59. The van der Waals surface area contributed by atoms with Crippen LogP contribution in [0.2, 0.25) is 5.15 Å². The van der Waals surface area contributed by atoms with Gasteiger partial charge in [-0.1, -0.05) is 11.6 Å². The number of aryl methyl sites for hydroxylation is 2. The summed E-state index contributed by atoms with van der Waals surface area (Å²) in [4.78, 5) is 23.4. The van der Waals surface area contributed by atoms with Crippen molar-refractivity contribution in [2.75, 3.05) is 5.32 Å². The monoisotopic (exact) mass is 280 g/mol. The Morgan fingerprint density at radius 2 is 2.21 bits per heavy atom. The minimum absolute atomic E-state index is 0.110. The number of hydrogen-bond donors (Lipinski definition) is 1. The van der Waals surface area contributed by atoms with Crippen molar-refractivity contribution in [2.24, 2.45) is 7.05 Å². The van der Waals surface area contributed by atoms with E-state index in [1.54, 1.807) is 19.3 Å². The summed E-state index contributed by atoms with van der Waals surface area (Å²) >= 11 is 5.82. The topological polar surface area (TPSA) is 68.9 Å². The Hall–Kier alpha value is -2.08. The first kappa shape index (κ1) is 13.4. The summed E-state index contributed by atoms with van der Waals surface area (Å²) in [5, 5.41) is 7.02. The smallest absolute Gasteiger partial charge is 0.276 e. The van der Waals surface area contributed by atoms with Crippen LogP contribution < -0.4 is 10.9 Å². The lowest BCUT2D eigenvalue weighted by Crippen LogP contribution is -2.20. The fraction of sp³-hybridized carbons (Fsp3) is 0.250. The molecule has 0 aliphatic carbocycles. The summed E-state index contributed by atoms with van der Waals surface area (Å²) < 4.78 is 2.91. The van der Waals surface area contributed by atoms with Crippen molar-refractivity contribution in [2.45, 2.75) is 13.5 Å². The molecular formula is C12H13ClN4O2. The molecule has 6 nitrogen and oxygen atoms in total. The molecular weight excluding hydrogens is 268 g/mol. The molecule has 19 heavy (non-hydrogen) atoms. The van der Waals surface area contributed by atoms with E-state index in [9.17, 15) is 9.59 Å². The van der Waals surface area contributed by atoms with Crippen LogP contribution in [0.25, 0.3) is 0 Å². The Morgan fingerprint density at radius 3 is 2.79 bits per heavy atom. The average Bonchev–Trinajstić information content (AvgIpc) is 2.72. The largest absolute Gasteiger partial charge is 0.319 e. The highest BCUT2D eigenvalue weighted by Crippen LogP contribution is 2.11. The number of rotatable bonds is 3. The quantitative estimate of drug-likeness (QED) is 0.926. The van der Waals surface area contributed by atoms with E-state index in [2.05, 4.69) is 10.4 Å². The number of pyridine rings is 1. The fourth-order valence-electron chi connectivity index (χ4n) is 1.60. The van der Waals surface area contributed by atoms with Crippen molar-refractivity contribution >= 4 is 23.2 Å². The molecule has 1 N–H and O–H groups in total. The lowest BCUT2D eigenvalue weighted by Gasteiger charge is -2.06. The lowest BCUT2D eigenvalue weighted by atomic mass is 10.3. The molecule has 2 heterocycles. The number of nitrogens with zero attached hydrogens (tertiary/aromatic N) is 3. The Balaban J connectivity index is 2.21. The maximum atomic E-state index is 11.9. The van der Waals surface area contributed by atoms with Gasteiger partial charge in [-0.25, -0.2) is 0 Å². The molecule has 1 amide bonds. The fourth-order valence-corrected chi connectivity index (χ4v) is 1.74. The van der Waals surface area contributed by atoms with Gasteiger partial charge in [0.15, 0.2) is 5.69 Å².